The summed E-state index contributed by atoms with van der Waals surface area (Å²) in [7, 11) is 0. The number of hydrogen-bond acceptors (Lipinski definition) is 5. The van der Waals surface area contributed by atoms with Crippen LogP contribution in [-0.2, 0) is 4.74 Å². The lowest BCUT2D eigenvalue weighted by Gasteiger charge is -2.14. The van der Waals surface area contributed by atoms with Crippen LogP contribution in [0.3, 0.4) is 0 Å². The first-order valence-electron chi connectivity index (χ1n) is 5.50. The predicted octanol–water partition coefficient (Wildman–Crippen LogP) is 0.0720. The number of fused-ring (bicyclic) bond motifs is 1. The minimum absolute atomic E-state index is 0.175. The summed E-state index contributed by atoms with van der Waals surface area (Å²) in [6, 6.07) is 1.90. The van der Waals surface area contributed by atoms with E-state index in [0.717, 1.165) is 11.0 Å². The number of aliphatic hydroxyl groups excluding tert-OH is 2. The Morgan fingerprint density at radius 1 is 1.53 bits per heavy atom. The maximum absolute atomic E-state index is 9.70. The molecule has 6 heteroatoms. The number of nitrogens with zero attached hydrogens (tertiary/aromatic N) is 3. The van der Waals surface area contributed by atoms with Crippen molar-refractivity contribution in [2.75, 3.05) is 6.61 Å². The average Bonchev–Trinajstić information content (AvgIpc) is 2.92. The van der Waals surface area contributed by atoms with E-state index in [-0.39, 0.29) is 12.8 Å². The van der Waals surface area contributed by atoms with Crippen LogP contribution < -0.4 is 0 Å². The normalized spacial score (nSPS) is 28.9. The second-order valence-corrected chi connectivity index (χ2v) is 4.14. The molecule has 1 aliphatic heterocycles. The molecule has 0 radical (unpaired) electrons. The first-order valence-corrected chi connectivity index (χ1v) is 5.50. The van der Waals surface area contributed by atoms with Crippen LogP contribution in [0.5, 0.6) is 0 Å². The van der Waals surface area contributed by atoms with Crippen LogP contribution in [0.15, 0.2) is 24.8 Å². The lowest BCUT2D eigenvalue weighted by Crippen LogP contribution is -2.24. The molecular formula is C11H13N3O3. The van der Waals surface area contributed by atoms with E-state index in [0.29, 0.717) is 6.42 Å². The molecular weight excluding hydrogens is 222 g/mol. The van der Waals surface area contributed by atoms with E-state index >= 15 is 0 Å². The van der Waals surface area contributed by atoms with Gasteiger partial charge < -0.3 is 19.5 Å². The minimum Gasteiger partial charge on any atom is -0.394 e. The van der Waals surface area contributed by atoms with Crippen molar-refractivity contribution in [3.8, 4) is 0 Å². The summed E-state index contributed by atoms with van der Waals surface area (Å²) in [5, 5.41) is 19.7. The summed E-state index contributed by atoms with van der Waals surface area (Å²) in [6.07, 6.45) is 4.09. The Bertz CT molecular complexity index is 527. The van der Waals surface area contributed by atoms with Crippen molar-refractivity contribution in [3.63, 3.8) is 0 Å². The highest BCUT2D eigenvalue weighted by atomic mass is 16.5. The Balaban J connectivity index is 1.95. The van der Waals surface area contributed by atoms with Crippen LogP contribution >= 0.6 is 0 Å². The van der Waals surface area contributed by atoms with Gasteiger partial charge >= 0.3 is 0 Å². The lowest BCUT2D eigenvalue weighted by atomic mass is 10.2. The maximum Gasteiger partial charge on any atom is 0.145 e. The molecule has 3 atom stereocenters. The lowest BCUT2D eigenvalue weighted by molar-refractivity contribution is -0.0430. The van der Waals surface area contributed by atoms with E-state index in [2.05, 4.69) is 9.97 Å². The number of aliphatic hydroxyl groups is 2. The van der Waals surface area contributed by atoms with E-state index in [1.54, 1.807) is 6.20 Å². The van der Waals surface area contributed by atoms with Crippen LogP contribution in [0.2, 0.25) is 0 Å². The van der Waals surface area contributed by atoms with Crippen LogP contribution in [0.1, 0.15) is 12.6 Å². The molecule has 2 aromatic heterocycles. The molecule has 6 nitrogen and oxygen atoms in total. The Hall–Kier alpha value is -1.50. The molecule has 0 aliphatic carbocycles. The van der Waals surface area contributed by atoms with Gasteiger partial charge in [0.05, 0.1) is 12.7 Å². The van der Waals surface area contributed by atoms with Crippen molar-refractivity contribution in [1.29, 1.82) is 0 Å². The van der Waals surface area contributed by atoms with Crippen molar-refractivity contribution in [2.45, 2.75) is 24.9 Å². The predicted molar refractivity (Wildman–Crippen MR) is 59.1 cm³/mol. The molecule has 90 valence electrons. The monoisotopic (exact) mass is 235 g/mol. The third kappa shape index (κ3) is 1.70. The molecule has 3 rings (SSSR count). The smallest absolute Gasteiger partial charge is 0.145 e. The molecule has 2 aromatic rings. The van der Waals surface area contributed by atoms with Gasteiger partial charge in [-0.05, 0) is 6.07 Å². The van der Waals surface area contributed by atoms with Crippen LogP contribution in [0.25, 0.3) is 11.0 Å². The largest absolute Gasteiger partial charge is 0.394 e. The van der Waals surface area contributed by atoms with Crippen LogP contribution in [0.4, 0.5) is 0 Å². The van der Waals surface area contributed by atoms with Gasteiger partial charge in [-0.2, -0.15) is 0 Å². The molecule has 0 amide bonds. The van der Waals surface area contributed by atoms with Gasteiger partial charge in [-0.3, -0.25) is 0 Å². The van der Waals surface area contributed by atoms with E-state index in [1.807, 2.05) is 16.8 Å². The highest BCUT2D eigenvalue weighted by Crippen LogP contribution is 2.30. The molecule has 3 heterocycles. The highest BCUT2D eigenvalue weighted by molar-refractivity contribution is 5.74. The number of ether oxygens (including phenoxy) is 1. The first kappa shape index (κ1) is 10.6. The van der Waals surface area contributed by atoms with Crippen molar-refractivity contribution >= 4 is 11.0 Å². The summed E-state index contributed by atoms with van der Waals surface area (Å²) < 4.78 is 7.43. The van der Waals surface area contributed by atoms with Gasteiger partial charge in [0.25, 0.3) is 0 Å². The molecule has 0 bridgehead atoms. The third-order valence-corrected chi connectivity index (χ3v) is 3.07. The van der Waals surface area contributed by atoms with E-state index < -0.39 is 12.2 Å². The van der Waals surface area contributed by atoms with Crippen molar-refractivity contribution in [1.82, 2.24) is 14.5 Å². The molecule has 0 saturated carbocycles. The van der Waals surface area contributed by atoms with Crippen LogP contribution in [0, 0.1) is 0 Å². The molecule has 0 spiro atoms. The van der Waals surface area contributed by atoms with Crippen molar-refractivity contribution in [3.05, 3.63) is 24.8 Å². The standard InChI is InChI=1S/C11H13N3O3/c15-5-9-8(16)3-10(17-9)14-2-1-7-4-12-6-13-11(7)14/h1-2,4,6,8-10,15-16H,3,5H2/t8?,9-,10-/m1/s1. The number of aromatic nitrogens is 3. The van der Waals surface area contributed by atoms with Gasteiger partial charge in [-0.15, -0.1) is 0 Å². The average molecular weight is 235 g/mol. The third-order valence-electron chi connectivity index (χ3n) is 3.07. The summed E-state index contributed by atoms with van der Waals surface area (Å²) in [5.41, 5.74) is 0.774. The van der Waals surface area contributed by atoms with E-state index in [1.165, 1.54) is 6.33 Å². The molecule has 2 N–H and O–H groups in total. The van der Waals surface area contributed by atoms with Gasteiger partial charge in [-0.25, -0.2) is 9.97 Å². The van der Waals surface area contributed by atoms with Crippen molar-refractivity contribution in [2.24, 2.45) is 0 Å². The summed E-state index contributed by atoms with van der Waals surface area (Å²) >= 11 is 0. The van der Waals surface area contributed by atoms with Gasteiger partial charge in [0, 0.05) is 24.2 Å². The number of hydrogen-bond donors (Lipinski definition) is 2. The first-order chi connectivity index (χ1) is 8.29. The quantitative estimate of drug-likeness (QED) is 0.770. The Kier molecular flexibility index (Phi) is 2.54. The highest BCUT2D eigenvalue weighted by Gasteiger charge is 2.34. The van der Waals surface area contributed by atoms with E-state index in [9.17, 15) is 5.11 Å². The van der Waals surface area contributed by atoms with Gasteiger partial charge in [0.1, 0.15) is 24.3 Å². The second-order valence-electron chi connectivity index (χ2n) is 4.14. The van der Waals surface area contributed by atoms with Crippen LogP contribution in [-0.4, -0.2) is 43.6 Å². The Morgan fingerprint density at radius 3 is 3.18 bits per heavy atom. The number of rotatable bonds is 2. The molecule has 0 aromatic carbocycles. The van der Waals surface area contributed by atoms with Gasteiger partial charge in [0.2, 0.25) is 0 Å². The fourth-order valence-corrected chi connectivity index (χ4v) is 2.18. The Morgan fingerprint density at radius 2 is 2.41 bits per heavy atom. The SMILES string of the molecule is OC[C@H]1O[C@@H](n2ccc3cncnc32)CC1O. The van der Waals surface area contributed by atoms with Gasteiger partial charge in [-0.1, -0.05) is 0 Å². The fraction of sp³-hybridized carbons (Fsp3) is 0.455. The summed E-state index contributed by atoms with van der Waals surface area (Å²) in [5.74, 6) is 0. The zero-order valence-electron chi connectivity index (χ0n) is 9.10. The topological polar surface area (TPSA) is 80.4 Å². The zero-order chi connectivity index (χ0) is 11.8. The van der Waals surface area contributed by atoms with Crippen molar-refractivity contribution < 1.29 is 14.9 Å². The molecule has 1 saturated heterocycles. The summed E-state index contributed by atoms with van der Waals surface area (Å²) in [6.45, 7) is -0.175. The maximum atomic E-state index is 9.70. The Labute approximate surface area is 97.5 Å². The molecule has 1 fully saturated rings. The second kappa shape index (κ2) is 4.06. The fourth-order valence-electron chi connectivity index (χ4n) is 2.18. The zero-order valence-corrected chi connectivity index (χ0v) is 9.10. The molecule has 1 unspecified atom stereocenters. The molecule has 1 aliphatic rings. The molecule has 17 heavy (non-hydrogen) atoms. The van der Waals surface area contributed by atoms with Gasteiger partial charge in [0.15, 0.2) is 0 Å². The summed E-state index contributed by atoms with van der Waals surface area (Å²) in [4.78, 5) is 8.13. The minimum atomic E-state index is -0.635. The van der Waals surface area contributed by atoms with E-state index in [4.69, 9.17) is 9.84 Å².